The number of alkyl halides is 3. The monoisotopic (exact) mass is 594 g/mol. The highest BCUT2D eigenvalue weighted by atomic mass is 79.9. The largest absolute Gasteiger partial charge is 0.416 e. The van der Waals surface area contributed by atoms with E-state index in [4.69, 9.17) is 0 Å². The number of anilines is 1. The molecule has 4 nitrogen and oxygen atoms in total. The molecule has 1 N–H and O–H groups in total. The average molecular weight is 596 g/mol. The normalized spacial score (nSPS) is 26.5. The number of aromatic nitrogens is 1. The molecule has 188 valence electrons. The predicted octanol–water partition coefficient (Wildman–Crippen LogP) is 6.98. The van der Waals surface area contributed by atoms with Gasteiger partial charge in [0.05, 0.1) is 10.6 Å². The molecule has 2 aliphatic carbocycles. The maximum absolute atomic E-state index is 13.2. The van der Waals surface area contributed by atoms with E-state index in [0.29, 0.717) is 23.0 Å². The topological polar surface area (TPSA) is 51.1 Å². The van der Waals surface area contributed by atoms with Crippen LogP contribution in [0.2, 0.25) is 0 Å². The Kier molecular flexibility index (Phi) is 6.12. The number of amides is 1. The van der Waals surface area contributed by atoms with Gasteiger partial charge < -0.3 is 5.32 Å². The summed E-state index contributed by atoms with van der Waals surface area (Å²) in [7, 11) is 0. The molecule has 2 heterocycles. The van der Waals surface area contributed by atoms with Crippen LogP contribution in [-0.4, -0.2) is 15.7 Å². The average Bonchev–Trinajstić information content (AvgIpc) is 3.52. The van der Waals surface area contributed by atoms with Crippen molar-refractivity contribution >= 4 is 50.6 Å². The van der Waals surface area contributed by atoms with E-state index in [1.807, 2.05) is 12.1 Å². The lowest BCUT2D eigenvalue weighted by atomic mass is 9.75. The molecule has 0 radical (unpaired) electrons. The van der Waals surface area contributed by atoms with Gasteiger partial charge in [0.2, 0.25) is 5.91 Å². The molecule has 5 atom stereocenters. The molecule has 1 aliphatic heterocycles. The van der Waals surface area contributed by atoms with Crippen LogP contribution in [0.15, 0.2) is 62.8 Å². The van der Waals surface area contributed by atoms with E-state index in [0.717, 1.165) is 26.5 Å². The third kappa shape index (κ3) is 4.24. The smallest absolute Gasteiger partial charge is 0.325 e. The minimum atomic E-state index is -4.50. The molecule has 2 fully saturated rings. The number of halogens is 4. The molecule has 1 aromatic heterocycles. The number of carbonyl (C=O) groups is 1. The Labute approximate surface area is 222 Å². The molecule has 2 aromatic carbocycles. The van der Waals surface area contributed by atoms with Gasteiger partial charge in [0.25, 0.3) is 0 Å². The lowest BCUT2D eigenvalue weighted by molar-refractivity contribution is -0.137. The number of nitrogens with one attached hydrogen (secondary N) is 1. The minimum absolute atomic E-state index is 0.0554. The van der Waals surface area contributed by atoms with Crippen molar-refractivity contribution in [2.45, 2.75) is 48.2 Å². The van der Waals surface area contributed by atoms with E-state index >= 15 is 0 Å². The second-order valence-electron chi connectivity index (χ2n) is 9.78. The van der Waals surface area contributed by atoms with Crippen LogP contribution in [0.1, 0.15) is 41.2 Å². The lowest BCUT2D eigenvalue weighted by Gasteiger charge is -2.40. The van der Waals surface area contributed by atoms with Gasteiger partial charge in [0.1, 0.15) is 6.54 Å². The number of thiazole rings is 1. The van der Waals surface area contributed by atoms with Crippen molar-refractivity contribution in [2.75, 3.05) is 5.32 Å². The van der Waals surface area contributed by atoms with Crippen molar-refractivity contribution in [3.05, 3.63) is 78.7 Å². The van der Waals surface area contributed by atoms with Gasteiger partial charge in [-0.15, -0.1) is 11.8 Å². The third-order valence-corrected chi connectivity index (χ3v) is 11.0. The van der Waals surface area contributed by atoms with Crippen molar-refractivity contribution in [3.8, 4) is 0 Å². The number of thioether (sulfide) groups is 1. The zero-order valence-corrected chi connectivity index (χ0v) is 22.1. The Morgan fingerprint density at radius 2 is 1.89 bits per heavy atom. The molecule has 2 bridgehead atoms. The third-order valence-electron chi connectivity index (χ3n) is 7.67. The van der Waals surface area contributed by atoms with Crippen molar-refractivity contribution in [3.63, 3.8) is 0 Å². The fraction of sp³-hybridized carbons (Fsp3) is 0.385. The summed E-state index contributed by atoms with van der Waals surface area (Å²) in [5.41, 5.74) is 0.398. The Balaban J connectivity index is 1.33. The summed E-state index contributed by atoms with van der Waals surface area (Å²) in [4.78, 5) is 26.8. The van der Waals surface area contributed by atoms with E-state index in [9.17, 15) is 22.8 Å². The fourth-order valence-electron chi connectivity index (χ4n) is 6.28. The van der Waals surface area contributed by atoms with Gasteiger partial charge in [0.15, 0.2) is 0 Å². The Hall–Kier alpha value is -2.04. The molecule has 1 amide bonds. The summed E-state index contributed by atoms with van der Waals surface area (Å²) in [6, 6.07) is 12.8. The first-order valence-electron chi connectivity index (χ1n) is 11.8. The highest BCUT2D eigenvalue weighted by molar-refractivity contribution is 9.10. The van der Waals surface area contributed by atoms with Crippen molar-refractivity contribution in [1.82, 2.24) is 4.57 Å². The minimum Gasteiger partial charge on any atom is -0.325 e. The maximum atomic E-state index is 13.2. The molecule has 2 saturated carbocycles. The summed E-state index contributed by atoms with van der Waals surface area (Å²) in [5, 5.41) is 3.77. The zero-order chi connectivity index (χ0) is 25.2. The summed E-state index contributed by atoms with van der Waals surface area (Å²) in [6.07, 6.45) is -0.869. The van der Waals surface area contributed by atoms with Crippen LogP contribution in [0, 0.1) is 17.8 Å². The van der Waals surface area contributed by atoms with Gasteiger partial charge in [-0.25, -0.2) is 0 Å². The van der Waals surface area contributed by atoms with Crippen molar-refractivity contribution in [2.24, 2.45) is 17.8 Å². The summed E-state index contributed by atoms with van der Waals surface area (Å²) in [5.74, 6) is 1.28. The molecule has 3 aliphatic rings. The van der Waals surface area contributed by atoms with Crippen molar-refractivity contribution < 1.29 is 18.0 Å². The molecule has 3 aromatic rings. The van der Waals surface area contributed by atoms with Crippen LogP contribution in [0.4, 0.5) is 18.9 Å². The van der Waals surface area contributed by atoms with Crippen LogP contribution in [-0.2, 0) is 17.5 Å². The van der Waals surface area contributed by atoms with E-state index in [2.05, 4.69) is 33.4 Å². The first kappa shape index (κ1) is 24.3. The van der Waals surface area contributed by atoms with E-state index < -0.39 is 17.6 Å². The number of benzene rings is 2. The first-order chi connectivity index (χ1) is 17.2. The van der Waals surface area contributed by atoms with E-state index in [1.165, 1.54) is 52.9 Å². The molecule has 6 rings (SSSR count). The molecular formula is C26H22BrF3N2O2S2. The zero-order valence-electron chi connectivity index (χ0n) is 18.9. The van der Waals surface area contributed by atoms with Crippen molar-refractivity contribution in [1.29, 1.82) is 0 Å². The molecule has 4 unspecified atom stereocenters. The highest BCUT2D eigenvalue weighted by Gasteiger charge is 2.55. The second-order valence-corrected chi connectivity index (χ2v) is 12.9. The molecule has 10 heteroatoms. The van der Waals surface area contributed by atoms with Crippen LogP contribution in [0.3, 0.4) is 0 Å². The second kappa shape index (κ2) is 9.06. The Morgan fingerprint density at radius 3 is 2.67 bits per heavy atom. The molecular weight excluding hydrogens is 573 g/mol. The summed E-state index contributed by atoms with van der Waals surface area (Å²) < 4.78 is 41.7. The lowest BCUT2D eigenvalue weighted by Crippen LogP contribution is -2.34. The van der Waals surface area contributed by atoms with Crippen LogP contribution >= 0.6 is 39.0 Å². The van der Waals surface area contributed by atoms with Crippen LogP contribution < -0.4 is 10.2 Å². The van der Waals surface area contributed by atoms with E-state index in [1.54, 1.807) is 11.8 Å². The van der Waals surface area contributed by atoms with Gasteiger partial charge in [-0.1, -0.05) is 45.5 Å². The first-order valence-corrected chi connectivity index (χ1v) is 14.3. The number of hydrogen-bond acceptors (Lipinski definition) is 4. The summed E-state index contributed by atoms with van der Waals surface area (Å²) in [6.45, 7) is -0.232. The fourth-order valence-corrected chi connectivity index (χ4v) is 9.85. The highest BCUT2D eigenvalue weighted by Crippen LogP contribution is 2.64. The number of rotatable bonds is 4. The number of fused-ring (bicyclic) bond motifs is 6. The summed E-state index contributed by atoms with van der Waals surface area (Å²) >= 11 is 6.52. The van der Waals surface area contributed by atoms with Crippen LogP contribution in [0.25, 0.3) is 0 Å². The number of nitrogens with zero attached hydrogens (tertiary/aromatic N) is 1. The maximum Gasteiger partial charge on any atom is 0.416 e. The van der Waals surface area contributed by atoms with Gasteiger partial charge in [-0.3, -0.25) is 14.2 Å². The number of hydrogen-bond donors (Lipinski definition) is 1. The van der Waals surface area contributed by atoms with Gasteiger partial charge in [0, 0.05) is 26.2 Å². The van der Waals surface area contributed by atoms with Gasteiger partial charge >= 0.3 is 11.0 Å². The molecule has 36 heavy (non-hydrogen) atoms. The standard InChI is InChI=1S/C26H22BrF3N2O2S2/c27-17-5-1-3-13(10-17)21-20-14-7-8-15(9-14)22(20)35-24-23(21)36-25(34)32(24)12-19(33)31-18-6-2-4-16(11-18)26(28,29)30/h1-6,10-11,14-15,20-22H,7-9,12H2,(H,31,33)/t14?,15?,20?,21-,22?/m1/s1. The van der Waals surface area contributed by atoms with E-state index in [-0.39, 0.29) is 23.0 Å². The molecule has 0 saturated heterocycles. The Bertz CT molecular complexity index is 1400. The Morgan fingerprint density at radius 1 is 1.11 bits per heavy atom. The van der Waals surface area contributed by atoms with Gasteiger partial charge in [-0.2, -0.15) is 13.2 Å². The quantitative estimate of drug-likeness (QED) is 0.354. The van der Waals surface area contributed by atoms with Gasteiger partial charge in [-0.05, 0) is 72.9 Å². The predicted molar refractivity (Wildman–Crippen MR) is 139 cm³/mol. The van der Waals surface area contributed by atoms with Crippen LogP contribution in [0.5, 0.6) is 0 Å². The molecule has 0 spiro atoms. The SMILES string of the molecule is O=C(Cn1c2c(sc1=O)[C@H](c1cccc(Br)c1)C1C3CCC(C3)C1S2)Nc1cccc(C(F)(F)F)c1. The number of carbonyl (C=O) groups excluding carboxylic acids is 1.